The summed E-state index contributed by atoms with van der Waals surface area (Å²) >= 11 is 0. The highest BCUT2D eigenvalue weighted by Crippen LogP contribution is 2.56. The Morgan fingerprint density at radius 1 is 1.00 bits per heavy atom. The Labute approximate surface area is 93.0 Å². The summed E-state index contributed by atoms with van der Waals surface area (Å²) in [5.74, 6) is 0. The summed E-state index contributed by atoms with van der Waals surface area (Å²) in [5.41, 5.74) is 0.605. The molecule has 2 unspecified atom stereocenters. The van der Waals surface area contributed by atoms with Crippen LogP contribution in [0.4, 0.5) is 0 Å². The third kappa shape index (κ3) is 1.96. The molecule has 0 aromatic rings. The lowest BCUT2D eigenvalue weighted by Gasteiger charge is -2.57. The van der Waals surface area contributed by atoms with Gasteiger partial charge >= 0.3 is 0 Å². The molecule has 2 rings (SSSR count). The van der Waals surface area contributed by atoms with Crippen LogP contribution in [0.1, 0.15) is 40.0 Å². The van der Waals surface area contributed by atoms with Crippen LogP contribution in [0.15, 0.2) is 0 Å². The van der Waals surface area contributed by atoms with Gasteiger partial charge in [-0.2, -0.15) is 0 Å². The van der Waals surface area contributed by atoms with Gasteiger partial charge in [0.1, 0.15) is 6.29 Å². The maximum atomic E-state index is 11.3. The molecule has 2 fully saturated rings. The second-order valence-corrected chi connectivity index (χ2v) is 7.10. The Morgan fingerprint density at radius 3 is 1.87 bits per heavy atom. The second-order valence-electron chi connectivity index (χ2n) is 7.10. The van der Waals surface area contributed by atoms with E-state index < -0.39 is 0 Å². The number of piperidine rings is 1. The predicted octanol–water partition coefficient (Wildman–Crippen LogP) is 2.33. The van der Waals surface area contributed by atoms with Crippen LogP contribution in [0.3, 0.4) is 0 Å². The number of hydrogen-bond acceptors (Lipinski definition) is 2. The van der Waals surface area contributed by atoms with Crippen molar-refractivity contribution in [1.29, 1.82) is 0 Å². The molecule has 2 aliphatic rings. The van der Waals surface area contributed by atoms with Crippen molar-refractivity contribution >= 4 is 6.29 Å². The fourth-order valence-corrected chi connectivity index (χ4v) is 4.83. The topological polar surface area (TPSA) is 20.3 Å². The monoisotopic (exact) mass is 209 g/mol. The molecule has 0 spiro atoms. The zero-order valence-corrected chi connectivity index (χ0v) is 10.5. The molecule has 1 saturated heterocycles. The van der Waals surface area contributed by atoms with Crippen molar-refractivity contribution in [2.75, 3.05) is 20.1 Å². The van der Waals surface area contributed by atoms with Gasteiger partial charge in [-0.1, -0.05) is 20.8 Å². The Morgan fingerprint density at radius 2 is 1.47 bits per heavy atom. The molecule has 1 aliphatic carbocycles. The summed E-state index contributed by atoms with van der Waals surface area (Å²) in [6.07, 6.45) is 4.61. The number of hydrogen-bond donors (Lipinski definition) is 0. The average Bonchev–Trinajstić information content (AvgIpc) is 1.96. The number of rotatable bonds is 1. The second kappa shape index (κ2) is 3.07. The van der Waals surface area contributed by atoms with Gasteiger partial charge in [0.25, 0.3) is 0 Å². The average molecular weight is 209 g/mol. The molecule has 1 heterocycles. The first kappa shape index (κ1) is 11.1. The molecule has 0 N–H and O–H groups in total. The standard InChI is InChI=1S/C13H23NO/c1-11-5-12(2,9-14(4)8-11)7-13(3,6-11)10-15/h10H,5-9H2,1-4H3. The Kier molecular flexibility index (Phi) is 2.27. The van der Waals surface area contributed by atoms with Crippen LogP contribution in [0, 0.1) is 16.2 Å². The van der Waals surface area contributed by atoms with E-state index in [0.717, 1.165) is 25.9 Å². The van der Waals surface area contributed by atoms with Crippen molar-refractivity contribution in [1.82, 2.24) is 4.90 Å². The molecular weight excluding hydrogens is 186 g/mol. The van der Waals surface area contributed by atoms with Gasteiger partial charge in [0.05, 0.1) is 0 Å². The minimum Gasteiger partial charge on any atom is -0.305 e. The predicted molar refractivity (Wildman–Crippen MR) is 61.7 cm³/mol. The number of carbonyl (C=O) groups is 1. The highest BCUT2D eigenvalue weighted by Gasteiger charge is 2.52. The first-order valence-corrected chi connectivity index (χ1v) is 5.93. The van der Waals surface area contributed by atoms with Crippen LogP contribution >= 0.6 is 0 Å². The highest BCUT2D eigenvalue weighted by molar-refractivity contribution is 5.59. The molecule has 0 aromatic carbocycles. The van der Waals surface area contributed by atoms with E-state index in [1.165, 1.54) is 12.7 Å². The van der Waals surface area contributed by atoms with Crippen molar-refractivity contribution < 1.29 is 4.79 Å². The van der Waals surface area contributed by atoms with Crippen molar-refractivity contribution in [2.24, 2.45) is 16.2 Å². The van der Waals surface area contributed by atoms with Crippen molar-refractivity contribution in [3.05, 3.63) is 0 Å². The van der Waals surface area contributed by atoms with Crippen molar-refractivity contribution in [3.63, 3.8) is 0 Å². The van der Waals surface area contributed by atoms with E-state index in [1.807, 2.05) is 0 Å². The van der Waals surface area contributed by atoms with Gasteiger partial charge in [0.15, 0.2) is 0 Å². The van der Waals surface area contributed by atoms with Gasteiger partial charge in [-0.25, -0.2) is 0 Å². The molecule has 15 heavy (non-hydrogen) atoms. The van der Waals surface area contributed by atoms with Gasteiger partial charge in [-0.15, -0.1) is 0 Å². The van der Waals surface area contributed by atoms with E-state index in [1.54, 1.807) is 0 Å². The molecule has 0 amide bonds. The summed E-state index contributed by atoms with van der Waals surface area (Å²) < 4.78 is 0. The largest absolute Gasteiger partial charge is 0.305 e. The maximum absolute atomic E-state index is 11.3. The third-order valence-electron chi connectivity index (χ3n) is 4.10. The van der Waals surface area contributed by atoms with E-state index in [4.69, 9.17) is 0 Å². The highest BCUT2D eigenvalue weighted by atomic mass is 16.1. The normalized spacial score (nSPS) is 51.5. The minimum atomic E-state index is -0.0803. The molecule has 86 valence electrons. The number of carbonyl (C=O) groups excluding carboxylic acids is 1. The first-order valence-electron chi connectivity index (χ1n) is 5.93. The zero-order chi connectivity index (χ0) is 11.3. The Balaban J connectivity index is 2.31. The van der Waals surface area contributed by atoms with Gasteiger partial charge in [-0.3, -0.25) is 0 Å². The van der Waals surface area contributed by atoms with E-state index in [-0.39, 0.29) is 5.41 Å². The van der Waals surface area contributed by atoms with Crippen LogP contribution < -0.4 is 0 Å². The molecule has 2 atom stereocenters. The molecular formula is C13H23NO. The van der Waals surface area contributed by atoms with Crippen LogP contribution in [0.5, 0.6) is 0 Å². The van der Waals surface area contributed by atoms with Crippen molar-refractivity contribution in [2.45, 2.75) is 40.0 Å². The molecule has 2 nitrogen and oxygen atoms in total. The van der Waals surface area contributed by atoms with E-state index in [2.05, 4.69) is 32.7 Å². The number of aldehydes is 1. The molecule has 0 aromatic heterocycles. The molecule has 2 heteroatoms. The SMILES string of the molecule is CN1CC2(C)CC(C)(C=O)CC(C)(C1)C2. The molecule has 2 bridgehead atoms. The van der Waals surface area contributed by atoms with Crippen LogP contribution in [0.2, 0.25) is 0 Å². The van der Waals surface area contributed by atoms with E-state index in [9.17, 15) is 4.79 Å². The number of fused-ring (bicyclic) bond motifs is 2. The fraction of sp³-hybridized carbons (Fsp3) is 0.923. The molecule has 1 aliphatic heterocycles. The smallest absolute Gasteiger partial charge is 0.125 e. The molecule has 0 radical (unpaired) electrons. The summed E-state index contributed by atoms with van der Waals surface area (Å²) in [7, 11) is 2.21. The van der Waals surface area contributed by atoms with Gasteiger partial charge in [0, 0.05) is 18.5 Å². The summed E-state index contributed by atoms with van der Waals surface area (Å²) in [6.45, 7) is 9.13. The summed E-state index contributed by atoms with van der Waals surface area (Å²) in [4.78, 5) is 13.7. The Bertz CT molecular complexity index is 268. The van der Waals surface area contributed by atoms with Crippen LogP contribution in [-0.4, -0.2) is 31.3 Å². The lowest BCUT2D eigenvalue weighted by atomic mass is 9.53. The van der Waals surface area contributed by atoms with Gasteiger partial charge < -0.3 is 9.69 Å². The summed E-state index contributed by atoms with van der Waals surface area (Å²) in [6, 6.07) is 0. The van der Waals surface area contributed by atoms with E-state index in [0.29, 0.717) is 10.8 Å². The third-order valence-corrected chi connectivity index (χ3v) is 4.10. The Hall–Kier alpha value is -0.370. The zero-order valence-electron chi connectivity index (χ0n) is 10.5. The summed E-state index contributed by atoms with van der Waals surface area (Å²) in [5, 5.41) is 0. The number of likely N-dealkylation sites (tertiary alicyclic amines) is 1. The fourth-order valence-electron chi connectivity index (χ4n) is 4.83. The first-order chi connectivity index (χ1) is 6.78. The lowest BCUT2D eigenvalue weighted by molar-refractivity contribution is -0.130. The number of nitrogens with zero attached hydrogens (tertiary/aromatic N) is 1. The van der Waals surface area contributed by atoms with Crippen LogP contribution in [-0.2, 0) is 4.79 Å². The molecule has 1 saturated carbocycles. The van der Waals surface area contributed by atoms with Crippen LogP contribution in [0.25, 0.3) is 0 Å². The van der Waals surface area contributed by atoms with Crippen molar-refractivity contribution in [3.8, 4) is 0 Å². The quantitative estimate of drug-likeness (QED) is 0.618. The van der Waals surface area contributed by atoms with Gasteiger partial charge in [-0.05, 0) is 37.1 Å². The van der Waals surface area contributed by atoms with Gasteiger partial charge in [0.2, 0.25) is 0 Å². The van der Waals surface area contributed by atoms with E-state index >= 15 is 0 Å². The maximum Gasteiger partial charge on any atom is 0.125 e. The lowest BCUT2D eigenvalue weighted by Crippen LogP contribution is -2.56. The minimum absolute atomic E-state index is 0.0803.